The molecule has 1 aliphatic rings. The third-order valence-corrected chi connectivity index (χ3v) is 3.67. The SMILES string of the molecule is CNc1cncc(NCC2CCN(C(C)C)C2)c1. The average molecular weight is 248 g/mol. The van der Waals surface area contributed by atoms with Crippen molar-refractivity contribution in [1.82, 2.24) is 9.88 Å². The summed E-state index contributed by atoms with van der Waals surface area (Å²) in [4.78, 5) is 6.76. The van der Waals surface area contributed by atoms with Crippen LogP contribution in [0, 0.1) is 5.92 Å². The molecule has 1 unspecified atom stereocenters. The molecule has 0 radical (unpaired) electrons. The Morgan fingerprint density at radius 1 is 1.39 bits per heavy atom. The number of pyridine rings is 1. The Hall–Kier alpha value is -1.29. The van der Waals surface area contributed by atoms with Crippen LogP contribution < -0.4 is 10.6 Å². The van der Waals surface area contributed by atoms with Crippen molar-refractivity contribution >= 4 is 11.4 Å². The highest BCUT2D eigenvalue weighted by atomic mass is 15.2. The van der Waals surface area contributed by atoms with Crippen LogP contribution in [0.3, 0.4) is 0 Å². The highest BCUT2D eigenvalue weighted by Crippen LogP contribution is 2.19. The molecule has 1 fully saturated rings. The van der Waals surface area contributed by atoms with Crippen LogP contribution in [0.5, 0.6) is 0 Å². The van der Waals surface area contributed by atoms with E-state index in [4.69, 9.17) is 0 Å². The molecule has 4 nitrogen and oxygen atoms in total. The monoisotopic (exact) mass is 248 g/mol. The van der Waals surface area contributed by atoms with Crippen molar-refractivity contribution in [3.05, 3.63) is 18.5 Å². The number of rotatable bonds is 5. The van der Waals surface area contributed by atoms with E-state index in [9.17, 15) is 0 Å². The molecule has 1 atom stereocenters. The van der Waals surface area contributed by atoms with E-state index in [0.717, 1.165) is 23.8 Å². The molecular weight excluding hydrogens is 224 g/mol. The molecule has 0 saturated carbocycles. The number of anilines is 2. The van der Waals surface area contributed by atoms with E-state index in [1.807, 2.05) is 19.4 Å². The van der Waals surface area contributed by atoms with E-state index in [0.29, 0.717) is 6.04 Å². The first-order valence-corrected chi connectivity index (χ1v) is 6.79. The molecule has 1 aromatic rings. The maximum Gasteiger partial charge on any atom is 0.0547 e. The van der Waals surface area contributed by atoms with Crippen LogP contribution in [0.4, 0.5) is 11.4 Å². The van der Waals surface area contributed by atoms with Crippen LogP contribution in [0.25, 0.3) is 0 Å². The normalized spacial score (nSPS) is 20.3. The molecule has 0 spiro atoms. The highest BCUT2D eigenvalue weighted by molar-refractivity contribution is 5.53. The van der Waals surface area contributed by atoms with Gasteiger partial charge in [0.05, 0.1) is 23.8 Å². The molecule has 0 amide bonds. The molecule has 0 aliphatic carbocycles. The van der Waals surface area contributed by atoms with E-state index in [1.165, 1.54) is 19.5 Å². The van der Waals surface area contributed by atoms with Crippen molar-refractivity contribution in [2.24, 2.45) is 5.92 Å². The van der Waals surface area contributed by atoms with Gasteiger partial charge in [0.2, 0.25) is 0 Å². The van der Waals surface area contributed by atoms with Crippen molar-refractivity contribution < 1.29 is 0 Å². The summed E-state index contributed by atoms with van der Waals surface area (Å²) in [6.07, 6.45) is 5.02. The van der Waals surface area contributed by atoms with Gasteiger partial charge in [-0.15, -0.1) is 0 Å². The second kappa shape index (κ2) is 6.05. The molecule has 2 heterocycles. The lowest BCUT2D eigenvalue weighted by atomic mass is 10.1. The third-order valence-electron chi connectivity index (χ3n) is 3.67. The van der Waals surface area contributed by atoms with Gasteiger partial charge in [-0.1, -0.05) is 0 Å². The maximum atomic E-state index is 4.21. The van der Waals surface area contributed by atoms with Gasteiger partial charge in [-0.2, -0.15) is 0 Å². The zero-order chi connectivity index (χ0) is 13.0. The van der Waals surface area contributed by atoms with Gasteiger partial charge in [-0.05, 0) is 38.8 Å². The second-order valence-electron chi connectivity index (χ2n) is 5.34. The molecule has 18 heavy (non-hydrogen) atoms. The fourth-order valence-corrected chi connectivity index (χ4v) is 2.43. The molecule has 0 aromatic carbocycles. The van der Waals surface area contributed by atoms with E-state index in [-0.39, 0.29) is 0 Å². The Kier molecular flexibility index (Phi) is 4.42. The van der Waals surface area contributed by atoms with Crippen LogP contribution in [0.2, 0.25) is 0 Å². The van der Waals surface area contributed by atoms with Crippen molar-refractivity contribution in [2.45, 2.75) is 26.3 Å². The lowest BCUT2D eigenvalue weighted by Crippen LogP contribution is -2.29. The van der Waals surface area contributed by atoms with Gasteiger partial charge in [0.15, 0.2) is 0 Å². The van der Waals surface area contributed by atoms with Crippen molar-refractivity contribution in [3.63, 3.8) is 0 Å². The van der Waals surface area contributed by atoms with Crippen LogP contribution in [0.15, 0.2) is 18.5 Å². The summed E-state index contributed by atoms with van der Waals surface area (Å²) in [5.41, 5.74) is 2.15. The van der Waals surface area contributed by atoms with Gasteiger partial charge in [-0.25, -0.2) is 0 Å². The summed E-state index contributed by atoms with van der Waals surface area (Å²) >= 11 is 0. The predicted octanol–water partition coefficient (Wildman–Crippen LogP) is 2.27. The van der Waals surface area contributed by atoms with E-state index in [1.54, 1.807) is 0 Å². The minimum atomic E-state index is 0.671. The Morgan fingerprint density at radius 2 is 2.17 bits per heavy atom. The first-order valence-electron chi connectivity index (χ1n) is 6.79. The number of likely N-dealkylation sites (tertiary alicyclic amines) is 1. The minimum Gasteiger partial charge on any atom is -0.387 e. The topological polar surface area (TPSA) is 40.2 Å². The summed E-state index contributed by atoms with van der Waals surface area (Å²) in [6, 6.07) is 2.77. The zero-order valence-corrected chi connectivity index (χ0v) is 11.6. The Bertz CT molecular complexity index is 378. The zero-order valence-electron chi connectivity index (χ0n) is 11.6. The number of nitrogens with zero attached hydrogens (tertiary/aromatic N) is 2. The summed E-state index contributed by atoms with van der Waals surface area (Å²) in [5, 5.41) is 6.60. The predicted molar refractivity (Wildman–Crippen MR) is 77.1 cm³/mol. The van der Waals surface area contributed by atoms with Crippen LogP contribution in [-0.4, -0.2) is 42.6 Å². The number of nitrogens with one attached hydrogen (secondary N) is 2. The molecule has 1 saturated heterocycles. The van der Waals surface area contributed by atoms with E-state index in [2.05, 4.69) is 40.4 Å². The van der Waals surface area contributed by atoms with Crippen molar-refractivity contribution in [3.8, 4) is 0 Å². The molecule has 2 rings (SSSR count). The van der Waals surface area contributed by atoms with Crippen molar-refractivity contribution in [2.75, 3.05) is 37.3 Å². The van der Waals surface area contributed by atoms with Crippen LogP contribution in [0.1, 0.15) is 20.3 Å². The minimum absolute atomic E-state index is 0.671. The van der Waals surface area contributed by atoms with Crippen LogP contribution in [-0.2, 0) is 0 Å². The number of hydrogen-bond acceptors (Lipinski definition) is 4. The Morgan fingerprint density at radius 3 is 2.83 bits per heavy atom. The summed E-state index contributed by atoms with van der Waals surface area (Å²) < 4.78 is 0. The third kappa shape index (κ3) is 3.35. The largest absolute Gasteiger partial charge is 0.387 e. The standard InChI is InChI=1S/C14H24N4/c1-11(2)18-5-4-12(10-18)7-17-14-6-13(15-3)8-16-9-14/h6,8-9,11-12,15,17H,4-5,7,10H2,1-3H3. The first kappa shape index (κ1) is 13.1. The van der Waals surface area contributed by atoms with Gasteiger partial charge >= 0.3 is 0 Å². The van der Waals surface area contributed by atoms with Gasteiger partial charge < -0.3 is 15.5 Å². The summed E-state index contributed by atoms with van der Waals surface area (Å²) in [6.45, 7) is 8.03. The molecule has 0 bridgehead atoms. The average Bonchev–Trinajstić information content (AvgIpc) is 2.85. The maximum absolute atomic E-state index is 4.21. The molecule has 1 aliphatic heterocycles. The van der Waals surface area contributed by atoms with E-state index >= 15 is 0 Å². The van der Waals surface area contributed by atoms with E-state index < -0.39 is 0 Å². The fraction of sp³-hybridized carbons (Fsp3) is 0.643. The van der Waals surface area contributed by atoms with Gasteiger partial charge in [-0.3, -0.25) is 4.98 Å². The second-order valence-corrected chi connectivity index (χ2v) is 5.34. The first-order chi connectivity index (χ1) is 8.69. The highest BCUT2D eigenvalue weighted by Gasteiger charge is 2.23. The molecule has 100 valence electrons. The Balaban J connectivity index is 1.81. The lowest BCUT2D eigenvalue weighted by Gasteiger charge is -2.20. The lowest BCUT2D eigenvalue weighted by molar-refractivity contribution is 0.266. The molecular formula is C14H24N4. The molecule has 1 aromatic heterocycles. The van der Waals surface area contributed by atoms with Crippen LogP contribution >= 0.6 is 0 Å². The number of aromatic nitrogens is 1. The van der Waals surface area contributed by atoms with Gasteiger partial charge in [0, 0.05) is 26.2 Å². The summed E-state index contributed by atoms with van der Waals surface area (Å²) in [5.74, 6) is 0.755. The molecule has 2 N–H and O–H groups in total. The van der Waals surface area contributed by atoms with Gasteiger partial charge in [0.1, 0.15) is 0 Å². The van der Waals surface area contributed by atoms with Gasteiger partial charge in [0.25, 0.3) is 0 Å². The summed E-state index contributed by atoms with van der Waals surface area (Å²) in [7, 11) is 1.91. The molecule has 4 heteroatoms. The fourth-order valence-electron chi connectivity index (χ4n) is 2.43. The quantitative estimate of drug-likeness (QED) is 0.838. The Labute approximate surface area is 110 Å². The number of hydrogen-bond donors (Lipinski definition) is 2. The van der Waals surface area contributed by atoms with Crippen molar-refractivity contribution in [1.29, 1.82) is 0 Å². The smallest absolute Gasteiger partial charge is 0.0547 e.